The summed E-state index contributed by atoms with van der Waals surface area (Å²) in [6.07, 6.45) is 3.24. The Kier molecular flexibility index (Phi) is 4.96. The zero-order valence-electron chi connectivity index (χ0n) is 14.9. The van der Waals surface area contributed by atoms with E-state index in [1.54, 1.807) is 18.2 Å². The van der Waals surface area contributed by atoms with E-state index in [1.165, 1.54) is 5.39 Å². The Bertz CT molecular complexity index is 1110. The lowest BCUT2D eigenvalue weighted by molar-refractivity contribution is 0.221. The van der Waals surface area contributed by atoms with E-state index in [9.17, 15) is 5.11 Å². The number of benzene rings is 3. The molecule has 1 N–H and O–H groups in total. The molecule has 1 atom stereocenters. The lowest BCUT2D eigenvalue weighted by atomic mass is 9.93. The van der Waals surface area contributed by atoms with Crippen molar-refractivity contribution in [2.24, 2.45) is 0 Å². The molecule has 0 aliphatic heterocycles. The van der Waals surface area contributed by atoms with Gasteiger partial charge < -0.3 is 9.67 Å². The highest BCUT2D eigenvalue weighted by atomic mass is 35.5. The minimum Gasteiger partial charge on any atom is -0.384 e. The summed E-state index contributed by atoms with van der Waals surface area (Å²) in [5.74, 6) is 0. The normalized spacial score (nSPS) is 12.4. The third-order valence-electron chi connectivity index (χ3n) is 4.91. The third kappa shape index (κ3) is 3.37. The van der Waals surface area contributed by atoms with Crippen LogP contribution < -0.4 is 0 Å². The van der Waals surface area contributed by atoms with Crippen LogP contribution in [0.25, 0.3) is 21.9 Å². The van der Waals surface area contributed by atoms with E-state index >= 15 is 0 Å². The number of hydrogen-bond acceptors (Lipinski definition) is 1. The maximum absolute atomic E-state index is 11.1. The van der Waals surface area contributed by atoms with Gasteiger partial charge in [-0.3, -0.25) is 0 Å². The smallest absolute Gasteiger partial charge is 0.108 e. The van der Waals surface area contributed by atoms with Gasteiger partial charge in [-0.2, -0.15) is 0 Å². The molecule has 0 amide bonds. The molecule has 27 heavy (non-hydrogen) atoms. The summed E-state index contributed by atoms with van der Waals surface area (Å²) in [5, 5.41) is 14.5. The molecule has 0 aliphatic rings. The lowest BCUT2D eigenvalue weighted by Gasteiger charge is -2.15. The first-order valence-corrected chi connectivity index (χ1v) is 9.65. The lowest BCUT2D eigenvalue weighted by Crippen LogP contribution is -2.01. The van der Waals surface area contributed by atoms with Gasteiger partial charge in [0.15, 0.2) is 0 Å². The highest BCUT2D eigenvalue weighted by Gasteiger charge is 2.21. The van der Waals surface area contributed by atoms with Gasteiger partial charge in [0.2, 0.25) is 0 Å². The summed E-state index contributed by atoms with van der Waals surface area (Å²) in [4.78, 5) is 0. The second kappa shape index (κ2) is 7.40. The fourth-order valence-electron chi connectivity index (χ4n) is 3.50. The van der Waals surface area contributed by atoms with Gasteiger partial charge >= 0.3 is 0 Å². The number of aryl methyl sites for hydroxylation is 1. The van der Waals surface area contributed by atoms with Gasteiger partial charge in [-0.25, -0.2) is 0 Å². The van der Waals surface area contributed by atoms with Crippen molar-refractivity contribution < 1.29 is 5.11 Å². The molecule has 1 aromatic heterocycles. The van der Waals surface area contributed by atoms with E-state index in [1.807, 2.05) is 24.4 Å². The SMILES string of the molecule is CCn1cc(-c2cccc3ccccc23)c(C(O)c2ccc(Cl)cc2Cl)c1. The molecule has 0 saturated heterocycles. The highest BCUT2D eigenvalue weighted by Crippen LogP contribution is 2.38. The molecule has 4 aromatic rings. The zero-order chi connectivity index (χ0) is 19.0. The Morgan fingerprint density at radius 1 is 0.889 bits per heavy atom. The molecular formula is C23H19Cl2NO. The molecule has 0 bridgehead atoms. The number of aliphatic hydroxyl groups is 1. The Labute approximate surface area is 168 Å². The molecule has 0 radical (unpaired) electrons. The molecule has 0 fully saturated rings. The Balaban J connectivity index is 1.91. The summed E-state index contributed by atoms with van der Waals surface area (Å²) in [5.41, 5.74) is 3.58. The topological polar surface area (TPSA) is 25.2 Å². The average Bonchev–Trinajstić information content (AvgIpc) is 3.11. The quantitative estimate of drug-likeness (QED) is 0.407. The van der Waals surface area contributed by atoms with Crippen LogP contribution in [0.2, 0.25) is 10.0 Å². The van der Waals surface area contributed by atoms with Crippen molar-refractivity contribution in [3.8, 4) is 11.1 Å². The second-order valence-electron chi connectivity index (χ2n) is 6.55. The van der Waals surface area contributed by atoms with Crippen molar-refractivity contribution >= 4 is 34.0 Å². The standard InChI is InChI=1S/C23H19Cl2NO/c1-2-26-13-20(18-9-5-7-15-6-3-4-8-17(15)18)21(14-26)23(27)19-11-10-16(24)12-22(19)25/h3-14,23,27H,2H2,1H3. The number of hydrogen-bond donors (Lipinski definition) is 1. The van der Waals surface area contributed by atoms with Crippen LogP contribution >= 0.6 is 23.2 Å². The summed E-state index contributed by atoms with van der Waals surface area (Å²) in [6.45, 7) is 2.90. The summed E-state index contributed by atoms with van der Waals surface area (Å²) < 4.78 is 2.08. The minimum atomic E-state index is -0.837. The fraction of sp³-hybridized carbons (Fsp3) is 0.130. The first kappa shape index (κ1) is 18.1. The summed E-state index contributed by atoms with van der Waals surface area (Å²) in [7, 11) is 0. The summed E-state index contributed by atoms with van der Waals surface area (Å²) >= 11 is 12.4. The third-order valence-corrected chi connectivity index (χ3v) is 5.47. The monoisotopic (exact) mass is 395 g/mol. The van der Waals surface area contributed by atoms with Crippen molar-refractivity contribution in [2.75, 3.05) is 0 Å². The molecule has 0 saturated carbocycles. The number of halogens is 2. The van der Waals surface area contributed by atoms with Gasteiger partial charge in [0.05, 0.1) is 0 Å². The number of rotatable bonds is 4. The van der Waals surface area contributed by atoms with E-state index in [0.717, 1.165) is 28.6 Å². The van der Waals surface area contributed by atoms with Crippen LogP contribution in [0, 0.1) is 0 Å². The maximum atomic E-state index is 11.1. The molecule has 3 aromatic carbocycles. The van der Waals surface area contributed by atoms with Crippen molar-refractivity contribution in [3.63, 3.8) is 0 Å². The molecule has 4 heteroatoms. The zero-order valence-corrected chi connectivity index (χ0v) is 16.4. The Morgan fingerprint density at radius 3 is 2.44 bits per heavy atom. The largest absolute Gasteiger partial charge is 0.384 e. The van der Waals surface area contributed by atoms with Gasteiger partial charge in [-0.05, 0) is 35.4 Å². The first-order chi connectivity index (χ1) is 13.1. The molecule has 0 aliphatic carbocycles. The summed E-state index contributed by atoms with van der Waals surface area (Å²) in [6, 6.07) is 19.7. The molecule has 0 spiro atoms. The van der Waals surface area contributed by atoms with Crippen LogP contribution in [0.3, 0.4) is 0 Å². The molecule has 4 rings (SSSR count). The van der Waals surface area contributed by atoms with Crippen LogP contribution in [0.1, 0.15) is 24.2 Å². The Hall–Kier alpha value is -2.26. The van der Waals surface area contributed by atoms with Gasteiger partial charge in [0.1, 0.15) is 6.10 Å². The van der Waals surface area contributed by atoms with E-state index in [2.05, 4.69) is 42.0 Å². The average molecular weight is 396 g/mol. The van der Waals surface area contributed by atoms with Crippen molar-refractivity contribution in [1.29, 1.82) is 0 Å². The number of fused-ring (bicyclic) bond motifs is 1. The maximum Gasteiger partial charge on any atom is 0.108 e. The molecule has 1 heterocycles. The second-order valence-corrected chi connectivity index (χ2v) is 7.40. The fourth-order valence-corrected chi connectivity index (χ4v) is 4.01. The number of aromatic nitrogens is 1. The van der Waals surface area contributed by atoms with Crippen LogP contribution in [0.5, 0.6) is 0 Å². The molecule has 2 nitrogen and oxygen atoms in total. The van der Waals surface area contributed by atoms with Gasteiger partial charge in [-0.15, -0.1) is 0 Å². The van der Waals surface area contributed by atoms with E-state index in [0.29, 0.717) is 15.6 Å². The van der Waals surface area contributed by atoms with Gasteiger partial charge in [0, 0.05) is 45.7 Å². The minimum absolute atomic E-state index is 0.461. The predicted molar refractivity (Wildman–Crippen MR) is 114 cm³/mol. The van der Waals surface area contributed by atoms with Crippen molar-refractivity contribution in [2.45, 2.75) is 19.6 Å². The first-order valence-electron chi connectivity index (χ1n) is 8.89. The molecule has 1 unspecified atom stereocenters. The van der Waals surface area contributed by atoms with E-state index in [4.69, 9.17) is 23.2 Å². The van der Waals surface area contributed by atoms with Crippen LogP contribution in [-0.4, -0.2) is 9.67 Å². The van der Waals surface area contributed by atoms with Gasteiger partial charge in [0.25, 0.3) is 0 Å². The van der Waals surface area contributed by atoms with Gasteiger partial charge in [-0.1, -0.05) is 71.7 Å². The van der Waals surface area contributed by atoms with E-state index < -0.39 is 6.10 Å². The number of nitrogens with zero attached hydrogens (tertiary/aromatic N) is 1. The van der Waals surface area contributed by atoms with Crippen LogP contribution in [0.4, 0.5) is 0 Å². The highest BCUT2D eigenvalue weighted by molar-refractivity contribution is 6.35. The Morgan fingerprint density at radius 2 is 1.67 bits per heavy atom. The molecule has 136 valence electrons. The molecular weight excluding hydrogens is 377 g/mol. The predicted octanol–water partition coefficient (Wildman–Crippen LogP) is 6.72. The van der Waals surface area contributed by atoms with E-state index in [-0.39, 0.29) is 0 Å². The number of aliphatic hydroxyl groups excluding tert-OH is 1. The van der Waals surface area contributed by atoms with Crippen LogP contribution in [0.15, 0.2) is 73.1 Å². The van der Waals surface area contributed by atoms with Crippen molar-refractivity contribution in [3.05, 3.63) is 94.2 Å². The van der Waals surface area contributed by atoms with Crippen molar-refractivity contribution in [1.82, 2.24) is 4.57 Å². The van der Waals surface area contributed by atoms with Crippen LogP contribution in [-0.2, 0) is 6.54 Å².